The molecule has 2 fully saturated rings. The Balaban J connectivity index is 1.52. The van der Waals surface area contributed by atoms with Gasteiger partial charge >= 0.3 is 0 Å². The van der Waals surface area contributed by atoms with Gasteiger partial charge in [-0.25, -0.2) is 0 Å². The lowest BCUT2D eigenvalue weighted by Gasteiger charge is -2.31. The van der Waals surface area contributed by atoms with E-state index >= 15 is 0 Å². The second kappa shape index (κ2) is 13.9. The summed E-state index contributed by atoms with van der Waals surface area (Å²) in [5, 5.41) is 8.41. The van der Waals surface area contributed by atoms with Gasteiger partial charge in [-0.05, 0) is 62.4 Å². The molecule has 0 unspecified atom stereocenters. The van der Waals surface area contributed by atoms with E-state index in [1.54, 1.807) is 6.08 Å². The van der Waals surface area contributed by atoms with Crippen LogP contribution in [0.15, 0.2) is 24.1 Å². The zero-order chi connectivity index (χ0) is 20.0. The molecule has 2 aliphatic rings. The highest BCUT2D eigenvalue weighted by atomic mass is 19.1. The van der Waals surface area contributed by atoms with E-state index in [1.165, 1.54) is 76.4 Å². The Morgan fingerprint density at radius 2 is 1.64 bits per heavy atom. The quantitative estimate of drug-likeness (QED) is 0.206. The second-order valence-electron chi connectivity index (χ2n) is 8.97. The molecule has 0 aromatic heterocycles. The van der Waals surface area contributed by atoms with E-state index in [2.05, 4.69) is 6.92 Å². The molecule has 0 spiro atoms. The van der Waals surface area contributed by atoms with Crippen LogP contribution in [0.5, 0.6) is 0 Å². The summed E-state index contributed by atoms with van der Waals surface area (Å²) in [7, 11) is 0. The van der Waals surface area contributed by atoms with Crippen LogP contribution in [-0.4, -0.2) is 12.7 Å². The topological polar surface area (TPSA) is 33.0 Å². The third kappa shape index (κ3) is 9.37. The molecule has 0 aromatic rings. The number of nitriles is 1. The van der Waals surface area contributed by atoms with Gasteiger partial charge in [-0.3, -0.25) is 0 Å². The Morgan fingerprint density at radius 3 is 2.32 bits per heavy atom. The highest BCUT2D eigenvalue weighted by molar-refractivity contribution is 5.19. The smallest absolute Gasteiger partial charge is 0.199 e. The van der Waals surface area contributed by atoms with Crippen LogP contribution in [0.3, 0.4) is 0 Å². The lowest BCUT2D eigenvalue weighted by Crippen LogP contribution is -2.25. The first kappa shape index (κ1) is 23.1. The predicted molar refractivity (Wildman–Crippen MR) is 114 cm³/mol. The van der Waals surface area contributed by atoms with Crippen molar-refractivity contribution in [1.29, 1.82) is 5.26 Å². The Bertz CT molecular complexity index is 505. The van der Waals surface area contributed by atoms with Crippen molar-refractivity contribution in [2.24, 2.45) is 17.8 Å². The van der Waals surface area contributed by atoms with E-state index in [0.717, 1.165) is 44.1 Å². The molecule has 0 radical (unpaired) electrons. The van der Waals surface area contributed by atoms with Crippen LogP contribution in [0.25, 0.3) is 0 Å². The minimum Gasteiger partial charge on any atom is -0.378 e. The number of allylic oxidation sites excluding steroid dienone is 4. The summed E-state index contributed by atoms with van der Waals surface area (Å²) in [5.74, 6) is 1.52. The zero-order valence-electron chi connectivity index (χ0n) is 17.9. The molecular formula is C25H40FNO. The molecule has 3 heteroatoms. The van der Waals surface area contributed by atoms with Crippen molar-refractivity contribution in [2.75, 3.05) is 6.61 Å². The molecule has 2 rings (SSSR count). The zero-order valence-corrected chi connectivity index (χ0v) is 17.9. The van der Waals surface area contributed by atoms with E-state index in [4.69, 9.17) is 10.00 Å². The van der Waals surface area contributed by atoms with Crippen molar-refractivity contribution in [3.05, 3.63) is 24.1 Å². The standard InChI is InChI=1S/C25H40FNO/c1-2-3-4-5-6-8-21-11-13-23(14-12-21)20-28-25-17-15-22(16-18-25)9-7-10-24(26)19-27/h7,9-10,21-23,25H,2-6,8,11-18,20H2,1H3/t21-,22?,23-,25?. The van der Waals surface area contributed by atoms with Crippen molar-refractivity contribution in [3.63, 3.8) is 0 Å². The Hall–Kier alpha value is -1.14. The monoisotopic (exact) mass is 389 g/mol. The average molecular weight is 390 g/mol. The molecule has 2 saturated carbocycles. The number of hydrogen-bond donors (Lipinski definition) is 0. The van der Waals surface area contributed by atoms with Crippen molar-refractivity contribution < 1.29 is 9.13 Å². The maximum atomic E-state index is 12.8. The minimum absolute atomic E-state index is 0.410. The summed E-state index contributed by atoms with van der Waals surface area (Å²) in [6.07, 6.45) is 23.8. The Morgan fingerprint density at radius 1 is 0.964 bits per heavy atom. The Kier molecular flexibility index (Phi) is 11.5. The van der Waals surface area contributed by atoms with Gasteiger partial charge in [0.1, 0.15) is 6.07 Å². The molecule has 0 saturated heterocycles. The molecule has 2 nitrogen and oxygen atoms in total. The summed E-state index contributed by atoms with van der Waals surface area (Å²) >= 11 is 0. The fourth-order valence-corrected chi connectivity index (χ4v) is 4.78. The summed E-state index contributed by atoms with van der Waals surface area (Å²) in [4.78, 5) is 0. The fourth-order valence-electron chi connectivity index (χ4n) is 4.78. The lowest BCUT2D eigenvalue weighted by atomic mass is 9.80. The highest BCUT2D eigenvalue weighted by Gasteiger charge is 2.24. The Labute approximate surface area is 172 Å². The average Bonchev–Trinajstić information content (AvgIpc) is 2.73. The van der Waals surface area contributed by atoms with Crippen LogP contribution in [0.4, 0.5) is 4.39 Å². The number of ether oxygens (including phenoxy) is 1. The van der Waals surface area contributed by atoms with Crippen LogP contribution in [0.1, 0.15) is 96.8 Å². The largest absolute Gasteiger partial charge is 0.378 e. The van der Waals surface area contributed by atoms with Crippen molar-refractivity contribution in [3.8, 4) is 6.07 Å². The minimum atomic E-state index is -0.723. The first-order chi connectivity index (χ1) is 13.7. The third-order valence-corrected chi connectivity index (χ3v) is 6.70. The van der Waals surface area contributed by atoms with E-state index in [9.17, 15) is 4.39 Å². The number of nitrogens with zero attached hydrogens (tertiary/aromatic N) is 1. The fraction of sp³-hybridized carbons (Fsp3) is 0.800. The van der Waals surface area contributed by atoms with E-state index < -0.39 is 5.83 Å². The molecule has 0 aliphatic heterocycles. The van der Waals surface area contributed by atoms with Gasteiger partial charge in [0.05, 0.1) is 6.10 Å². The molecule has 2 aliphatic carbocycles. The molecule has 0 aromatic carbocycles. The first-order valence-electron chi connectivity index (χ1n) is 11.8. The molecule has 28 heavy (non-hydrogen) atoms. The normalized spacial score (nSPS) is 29.1. The summed E-state index contributed by atoms with van der Waals surface area (Å²) in [6.45, 7) is 3.23. The number of halogens is 1. The molecule has 0 atom stereocenters. The first-order valence-corrected chi connectivity index (χ1v) is 11.8. The number of rotatable bonds is 11. The van der Waals surface area contributed by atoms with Gasteiger partial charge in [-0.15, -0.1) is 0 Å². The molecular weight excluding hydrogens is 349 g/mol. The second-order valence-corrected chi connectivity index (χ2v) is 8.97. The van der Waals surface area contributed by atoms with Crippen LogP contribution >= 0.6 is 0 Å². The van der Waals surface area contributed by atoms with E-state index in [1.807, 2.05) is 6.08 Å². The highest BCUT2D eigenvalue weighted by Crippen LogP contribution is 2.33. The van der Waals surface area contributed by atoms with Gasteiger partial charge in [-0.2, -0.15) is 9.65 Å². The summed E-state index contributed by atoms with van der Waals surface area (Å²) < 4.78 is 19.0. The van der Waals surface area contributed by atoms with E-state index in [-0.39, 0.29) is 0 Å². The van der Waals surface area contributed by atoms with Gasteiger partial charge in [-0.1, -0.05) is 70.4 Å². The lowest BCUT2D eigenvalue weighted by molar-refractivity contribution is -0.00664. The summed E-state index contributed by atoms with van der Waals surface area (Å²) in [5.41, 5.74) is 0. The van der Waals surface area contributed by atoms with Crippen LogP contribution in [0, 0.1) is 29.1 Å². The van der Waals surface area contributed by atoms with Crippen molar-refractivity contribution in [1.82, 2.24) is 0 Å². The van der Waals surface area contributed by atoms with Crippen LogP contribution < -0.4 is 0 Å². The number of hydrogen-bond acceptors (Lipinski definition) is 2. The van der Waals surface area contributed by atoms with Crippen molar-refractivity contribution in [2.45, 2.75) is 103 Å². The van der Waals surface area contributed by atoms with Crippen LogP contribution in [-0.2, 0) is 4.74 Å². The van der Waals surface area contributed by atoms with Gasteiger partial charge < -0.3 is 4.74 Å². The third-order valence-electron chi connectivity index (χ3n) is 6.70. The molecule has 0 N–H and O–H groups in total. The SMILES string of the molecule is CCCCCCC[C@H]1CC[C@H](COC2CCC(C=CC=C(F)C#N)CC2)CC1. The maximum absolute atomic E-state index is 12.8. The molecule has 0 bridgehead atoms. The van der Waals surface area contributed by atoms with Crippen molar-refractivity contribution >= 4 is 0 Å². The molecule has 0 heterocycles. The van der Waals surface area contributed by atoms with Gasteiger partial charge in [0, 0.05) is 6.61 Å². The van der Waals surface area contributed by atoms with Gasteiger partial charge in [0.15, 0.2) is 5.83 Å². The maximum Gasteiger partial charge on any atom is 0.199 e. The summed E-state index contributed by atoms with van der Waals surface area (Å²) in [6, 6.07) is 1.50. The van der Waals surface area contributed by atoms with E-state index in [0.29, 0.717) is 12.0 Å². The predicted octanol–water partition coefficient (Wildman–Crippen LogP) is 7.66. The molecule has 0 amide bonds. The van der Waals surface area contributed by atoms with Gasteiger partial charge in [0.25, 0.3) is 0 Å². The molecule has 158 valence electrons. The number of unbranched alkanes of at least 4 members (excludes halogenated alkanes) is 4. The van der Waals surface area contributed by atoms with Crippen LogP contribution in [0.2, 0.25) is 0 Å². The van der Waals surface area contributed by atoms with Gasteiger partial charge in [0.2, 0.25) is 0 Å².